The molecule has 122 valence electrons. The van der Waals surface area contributed by atoms with Crippen LogP contribution < -0.4 is 10.3 Å². The average Bonchev–Trinajstić information content (AvgIpc) is 2.66. The van der Waals surface area contributed by atoms with Gasteiger partial charge in [0.1, 0.15) is 0 Å². The van der Waals surface area contributed by atoms with Crippen LogP contribution in [0.3, 0.4) is 0 Å². The van der Waals surface area contributed by atoms with E-state index in [2.05, 4.69) is 22.0 Å². The fourth-order valence-electron chi connectivity index (χ4n) is 3.62. The van der Waals surface area contributed by atoms with Gasteiger partial charge in [-0.25, -0.2) is 0 Å². The second kappa shape index (κ2) is 6.16. The Morgan fingerprint density at radius 1 is 0.958 bits per heavy atom. The lowest BCUT2D eigenvalue weighted by molar-refractivity contribution is 0.578. The van der Waals surface area contributed by atoms with Crippen molar-refractivity contribution in [3.05, 3.63) is 64.3 Å². The van der Waals surface area contributed by atoms with E-state index >= 15 is 0 Å². The number of pyridine rings is 1. The normalized spacial score (nSPS) is 15.0. The summed E-state index contributed by atoms with van der Waals surface area (Å²) in [5, 5.41) is 0.787. The topological polar surface area (TPSA) is 36.1 Å². The van der Waals surface area contributed by atoms with E-state index in [4.69, 9.17) is 0 Å². The van der Waals surface area contributed by atoms with E-state index in [9.17, 15) is 4.79 Å². The number of rotatable bonds is 2. The van der Waals surface area contributed by atoms with Gasteiger partial charge in [-0.3, -0.25) is 4.79 Å². The summed E-state index contributed by atoms with van der Waals surface area (Å²) in [4.78, 5) is 18.8. The number of nitrogens with zero attached hydrogens (tertiary/aromatic N) is 1. The minimum absolute atomic E-state index is 0.126. The predicted molar refractivity (Wildman–Crippen MR) is 101 cm³/mol. The Balaban J connectivity index is 1.84. The molecule has 0 spiro atoms. The number of hydrogen-bond acceptors (Lipinski definition) is 2. The van der Waals surface area contributed by atoms with Crippen LogP contribution >= 0.6 is 0 Å². The molecule has 0 saturated carbocycles. The van der Waals surface area contributed by atoms with Crippen LogP contribution in [0.2, 0.25) is 0 Å². The van der Waals surface area contributed by atoms with Crippen molar-refractivity contribution in [2.45, 2.75) is 26.2 Å². The third-order valence-electron chi connectivity index (χ3n) is 5.01. The highest BCUT2D eigenvalue weighted by Crippen LogP contribution is 2.26. The molecule has 1 aliphatic rings. The zero-order valence-electron chi connectivity index (χ0n) is 14.0. The van der Waals surface area contributed by atoms with Gasteiger partial charge < -0.3 is 9.88 Å². The monoisotopic (exact) mass is 318 g/mol. The van der Waals surface area contributed by atoms with Crippen molar-refractivity contribution in [1.82, 2.24) is 4.98 Å². The first-order valence-corrected chi connectivity index (χ1v) is 8.71. The van der Waals surface area contributed by atoms with Crippen LogP contribution in [0.25, 0.3) is 22.2 Å². The van der Waals surface area contributed by atoms with Gasteiger partial charge in [0.05, 0.1) is 5.69 Å². The van der Waals surface area contributed by atoms with E-state index in [0.29, 0.717) is 0 Å². The number of anilines is 1. The smallest absolute Gasteiger partial charge is 0.192 e. The lowest BCUT2D eigenvalue weighted by Gasteiger charge is -2.29. The number of nitrogens with one attached hydrogen (secondary N) is 1. The molecule has 24 heavy (non-hydrogen) atoms. The Morgan fingerprint density at radius 3 is 2.46 bits per heavy atom. The number of piperidine rings is 1. The van der Waals surface area contributed by atoms with Crippen molar-refractivity contribution in [3.63, 3.8) is 0 Å². The van der Waals surface area contributed by atoms with E-state index < -0.39 is 0 Å². The summed E-state index contributed by atoms with van der Waals surface area (Å²) in [6, 6.07) is 16.3. The minimum atomic E-state index is 0.126. The molecule has 0 bridgehead atoms. The third-order valence-corrected chi connectivity index (χ3v) is 5.01. The van der Waals surface area contributed by atoms with Crippen molar-refractivity contribution in [2.24, 2.45) is 0 Å². The second-order valence-corrected chi connectivity index (χ2v) is 6.60. The highest BCUT2D eigenvalue weighted by molar-refractivity contribution is 5.86. The largest absolute Gasteiger partial charge is 0.372 e. The third kappa shape index (κ3) is 2.60. The van der Waals surface area contributed by atoms with Gasteiger partial charge in [-0.05, 0) is 49.9 Å². The van der Waals surface area contributed by atoms with Crippen molar-refractivity contribution < 1.29 is 0 Å². The Bertz CT molecular complexity index is 922. The summed E-state index contributed by atoms with van der Waals surface area (Å²) in [5.41, 5.74) is 4.95. The second-order valence-electron chi connectivity index (χ2n) is 6.60. The Morgan fingerprint density at radius 2 is 1.71 bits per heavy atom. The lowest BCUT2D eigenvalue weighted by atomic mass is 10.0. The summed E-state index contributed by atoms with van der Waals surface area (Å²) < 4.78 is 0. The van der Waals surface area contributed by atoms with Gasteiger partial charge in [-0.15, -0.1) is 0 Å². The first-order chi connectivity index (χ1) is 11.7. The highest BCUT2D eigenvalue weighted by Gasteiger charge is 2.14. The SMILES string of the molecule is Cc1c(-c2ccccc2)[nH]c2ccc(N3CCCCC3)cc2c1=O. The molecule has 1 aromatic heterocycles. The summed E-state index contributed by atoms with van der Waals surface area (Å²) in [6.45, 7) is 4.09. The van der Waals surface area contributed by atoms with E-state index in [1.807, 2.05) is 43.3 Å². The fraction of sp³-hybridized carbons (Fsp3) is 0.286. The minimum Gasteiger partial charge on any atom is -0.372 e. The van der Waals surface area contributed by atoms with Crippen molar-refractivity contribution in [1.29, 1.82) is 0 Å². The van der Waals surface area contributed by atoms with Crippen molar-refractivity contribution in [3.8, 4) is 11.3 Å². The van der Waals surface area contributed by atoms with Crippen LogP contribution in [-0.2, 0) is 0 Å². The molecular formula is C21H22N2O. The zero-order chi connectivity index (χ0) is 16.5. The number of aromatic nitrogens is 1. The Labute approximate surface area is 141 Å². The van der Waals surface area contributed by atoms with Crippen LogP contribution in [0.5, 0.6) is 0 Å². The molecule has 2 aromatic carbocycles. The highest BCUT2D eigenvalue weighted by atomic mass is 16.1. The number of H-pyrrole nitrogens is 1. The number of benzene rings is 2. The molecule has 0 atom stereocenters. The summed E-state index contributed by atoms with van der Waals surface area (Å²) >= 11 is 0. The molecule has 1 N–H and O–H groups in total. The molecule has 4 rings (SSSR count). The van der Waals surface area contributed by atoms with Crippen molar-refractivity contribution in [2.75, 3.05) is 18.0 Å². The lowest BCUT2D eigenvalue weighted by Crippen LogP contribution is -2.29. The van der Waals surface area contributed by atoms with Crippen LogP contribution in [-0.4, -0.2) is 18.1 Å². The first kappa shape index (κ1) is 15.0. The molecule has 0 radical (unpaired) electrons. The van der Waals surface area contributed by atoms with E-state index in [1.165, 1.54) is 24.9 Å². The van der Waals surface area contributed by atoms with Gasteiger partial charge in [0.15, 0.2) is 5.43 Å². The van der Waals surface area contributed by atoms with Gasteiger partial charge in [0.25, 0.3) is 0 Å². The summed E-state index contributed by atoms with van der Waals surface area (Å²) in [7, 11) is 0. The maximum Gasteiger partial charge on any atom is 0.192 e. The molecule has 1 fully saturated rings. The number of hydrogen-bond donors (Lipinski definition) is 1. The molecular weight excluding hydrogens is 296 g/mol. The van der Waals surface area contributed by atoms with E-state index in [1.54, 1.807) is 0 Å². The quantitative estimate of drug-likeness (QED) is 0.755. The molecule has 3 heteroatoms. The van der Waals surface area contributed by atoms with Gasteiger partial charge in [0.2, 0.25) is 0 Å². The van der Waals surface area contributed by atoms with Gasteiger partial charge in [-0.2, -0.15) is 0 Å². The maximum atomic E-state index is 12.9. The first-order valence-electron chi connectivity index (χ1n) is 8.71. The average molecular weight is 318 g/mol. The Kier molecular flexibility index (Phi) is 3.85. The van der Waals surface area contributed by atoms with E-state index in [0.717, 1.165) is 40.8 Å². The molecule has 0 aliphatic carbocycles. The Hall–Kier alpha value is -2.55. The molecule has 1 aliphatic heterocycles. The molecule has 0 amide bonds. The standard InChI is InChI=1S/C21H22N2O/c1-15-20(16-8-4-2-5-9-16)22-19-11-10-17(14-18(19)21(15)24)23-12-6-3-7-13-23/h2,4-5,8-11,14H,3,6-7,12-13H2,1H3,(H,22,24). The van der Waals surface area contributed by atoms with E-state index in [-0.39, 0.29) is 5.43 Å². The van der Waals surface area contributed by atoms with Crippen LogP contribution in [0.4, 0.5) is 5.69 Å². The molecule has 0 unspecified atom stereocenters. The zero-order valence-corrected chi connectivity index (χ0v) is 14.0. The van der Waals surface area contributed by atoms with Gasteiger partial charge in [0, 0.05) is 35.2 Å². The van der Waals surface area contributed by atoms with Crippen LogP contribution in [0.15, 0.2) is 53.3 Å². The number of fused-ring (bicyclic) bond motifs is 1. The van der Waals surface area contributed by atoms with Gasteiger partial charge in [-0.1, -0.05) is 30.3 Å². The molecule has 1 saturated heterocycles. The predicted octanol–water partition coefficient (Wildman–Crippen LogP) is 4.49. The summed E-state index contributed by atoms with van der Waals surface area (Å²) in [5.74, 6) is 0. The summed E-state index contributed by atoms with van der Waals surface area (Å²) in [6.07, 6.45) is 3.78. The van der Waals surface area contributed by atoms with Crippen molar-refractivity contribution >= 4 is 16.6 Å². The molecule has 3 nitrogen and oxygen atoms in total. The fourth-order valence-corrected chi connectivity index (χ4v) is 3.62. The number of aromatic amines is 1. The van der Waals surface area contributed by atoms with Crippen LogP contribution in [0.1, 0.15) is 24.8 Å². The maximum absolute atomic E-state index is 12.9. The molecule has 3 aromatic rings. The van der Waals surface area contributed by atoms with Gasteiger partial charge >= 0.3 is 0 Å². The van der Waals surface area contributed by atoms with Crippen LogP contribution in [0, 0.1) is 6.92 Å². The molecule has 2 heterocycles.